The van der Waals surface area contributed by atoms with Crippen LogP contribution in [0.3, 0.4) is 0 Å². The maximum absolute atomic E-state index is 9.30. The van der Waals surface area contributed by atoms with Crippen LogP contribution in [0.4, 0.5) is 0 Å². The molecule has 0 radical (unpaired) electrons. The molecule has 0 aliphatic carbocycles. The predicted octanol–water partition coefficient (Wildman–Crippen LogP) is 2.26. The van der Waals surface area contributed by atoms with E-state index in [0.29, 0.717) is 5.25 Å². The lowest BCUT2D eigenvalue weighted by atomic mass is 9.97. The number of nitrogens with one attached hydrogen (secondary N) is 1. The number of aliphatic hydroxyl groups is 1. The SMILES string of the molecule is CNC(C)(CO)CC(C)SCc1ccco1. The third kappa shape index (κ3) is 4.20. The summed E-state index contributed by atoms with van der Waals surface area (Å²) in [5.41, 5.74) is -0.185. The van der Waals surface area contributed by atoms with E-state index < -0.39 is 0 Å². The molecule has 1 heterocycles. The first-order valence-corrected chi connectivity index (χ1v) is 6.58. The molecule has 2 N–H and O–H groups in total. The lowest BCUT2D eigenvalue weighted by Crippen LogP contribution is -2.45. The van der Waals surface area contributed by atoms with E-state index >= 15 is 0 Å². The second kappa shape index (κ2) is 6.33. The van der Waals surface area contributed by atoms with Crippen molar-refractivity contribution in [1.29, 1.82) is 0 Å². The summed E-state index contributed by atoms with van der Waals surface area (Å²) in [6.07, 6.45) is 2.64. The molecule has 0 aliphatic rings. The van der Waals surface area contributed by atoms with Crippen molar-refractivity contribution in [2.24, 2.45) is 0 Å². The molecule has 1 aromatic heterocycles. The Kier molecular flexibility index (Phi) is 5.38. The lowest BCUT2D eigenvalue weighted by Gasteiger charge is -2.29. The van der Waals surface area contributed by atoms with E-state index in [2.05, 4.69) is 12.2 Å². The first-order valence-electron chi connectivity index (χ1n) is 5.53. The summed E-state index contributed by atoms with van der Waals surface area (Å²) in [4.78, 5) is 0. The number of hydrogen-bond donors (Lipinski definition) is 2. The van der Waals surface area contributed by atoms with Crippen LogP contribution in [0.1, 0.15) is 26.0 Å². The molecule has 3 nitrogen and oxygen atoms in total. The largest absolute Gasteiger partial charge is 0.468 e. The van der Waals surface area contributed by atoms with Gasteiger partial charge in [0.25, 0.3) is 0 Å². The van der Waals surface area contributed by atoms with Crippen molar-refractivity contribution in [2.75, 3.05) is 13.7 Å². The van der Waals surface area contributed by atoms with Gasteiger partial charge < -0.3 is 14.8 Å². The molecule has 0 aliphatic heterocycles. The van der Waals surface area contributed by atoms with Crippen LogP contribution in [0.2, 0.25) is 0 Å². The second-order valence-electron chi connectivity index (χ2n) is 4.37. The fourth-order valence-electron chi connectivity index (χ4n) is 1.56. The van der Waals surface area contributed by atoms with Gasteiger partial charge in [0.05, 0.1) is 18.6 Å². The van der Waals surface area contributed by atoms with Crippen LogP contribution in [-0.2, 0) is 5.75 Å². The highest BCUT2D eigenvalue weighted by molar-refractivity contribution is 7.99. The van der Waals surface area contributed by atoms with Gasteiger partial charge in [-0.15, -0.1) is 0 Å². The van der Waals surface area contributed by atoms with Gasteiger partial charge in [0.1, 0.15) is 5.76 Å². The predicted molar refractivity (Wildman–Crippen MR) is 68.6 cm³/mol. The van der Waals surface area contributed by atoms with Crippen LogP contribution in [0.25, 0.3) is 0 Å². The fourth-order valence-corrected chi connectivity index (χ4v) is 2.66. The van der Waals surface area contributed by atoms with Crippen molar-refractivity contribution in [3.8, 4) is 0 Å². The standard InChI is InChI=1S/C12H21NO2S/c1-10(7-12(2,9-14)13-3)16-8-11-5-4-6-15-11/h4-6,10,13-14H,7-9H2,1-3H3. The zero-order valence-electron chi connectivity index (χ0n) is 10.2. The van der Waals surface area contributed by atoms with Gasteiger partial charge in [0.15, 0.2) is 0 Å². The van der Waals surface area contributed by atoms with Crippen LogP contribution in [0.15, 0.2) is 22.8 Å². The first kappa shape index (κ1) is 13.6. The Morgan fingerprint density at radius 1 is 1.62 bits per heavy atom. The molecule has 0 aromatic carbocycles. The minimum absolute atomic E-state index is 0.162. The molecule has 0 bridgehead atoms. The molecule has 2 unspecified atom stereocenters. The number of thioether (sulfide) groups is 1. The Balaban J connectivity index is 2.32. The summed E-state index contributed by atoms with van der Waals surface area (Å²) in [6.45, 7) is 4.38. The number of furan rings is 1. The quantitative estimate of drug-likeness (QED) is 0.771. The molecule has 0 saturated carbocycles. The zero-order valence-corrected chi connectivity index (χ0v) is 11.0. The molecule has 0 fully saturated rings. The molecule has 2 atom stereocenters. The maximum Gasteiger partial charge on any atom is 0.113 e. The van der Waals surface area contributed by atoms with Crippen molar-refractivity contribution in [2.45, 2.75) is 36.8 Å². The van der Waals surface area contributed by atoms with Crippen LogP contribution >= 0.6 is 11.8 Å². The van der Waals surface area contributed by atoms with Crippen molar-refractivity contribution >= 4 is 11.8 Å². The smallest absolute Gasteiger partial charge is 0.113 e. The molecule has 16 heavy (non-hydrogen) atoms. The number of aliphatic hydroxyl groups excluding tert-OH is 1. The van der Waals surface area contributed by atoms with Gasteiger partial charge in [-0.05, 0) is 32.5 Å². The molecule has 1 rings (SSSR count). The third-order valence-corrected chi connectivity index (χ3v) is 3.97. The van der Waals surface area contributed by atoms with Gasteiger partial charge in [-0.3, -0.25) is 0 Å². The van der Waals surface area contributed by atoms with Crippen LogP contribution in [-0.4, -0.2) is 29.5 Å². The maximum atomic E-state index is 9.30. The molecule has 0 amide bonds. The van der Waals surface area contributed by atoms with E-state index in [9.17, 15) is 5.11 Å². The highest BCUT2D eigenvalue weighted by Gasteiger charge is 2.23. The minimum Gasteiger partial charge on any atom is -0.468 e. The van der Waals surface area contributed by atoms with Gasteiger partial charge in [-0.25, -0.2) is 0 Å². The summed E-state index contributed by atoms with van der Waals surface area (Å²) >= 11 is 1.85. The summed E-state index contributed by atoms with van der Waals surface area (Å²) in [5.74, 6) is 1.89. The highest BCUT2D eigenvalue weighted by Crippen LogP contribution is 2.24. The van der Waals surface area contributed by atoms with Crippen molar-refractivity contribution in [1.82, 2.24) is 5.32 Å². The Labute approximate surface area is 102 Å². The van der Waals surface area contributed by atoms with Gasteiger partial charge in [-0.1, -0.05) is 6.92 Å². The Bertz CT molecular complexity index is 283. The normalized spacial score (nSPS) is 17.0. The van der Waals surface area contributed by atoms with Gasteiger partial charge >= 0.3 is 0 Å². The average Bonchev–Trinajstić information content (AvgIpc) is 2.79. The summed E-state index contributed by atoms with van der Waals surface area (Å²) < 4.78 is 5.28. The number of rotatable bonds is 7. The van der Waals surface area contributed by atoms with Crippen molar-refractivity contribution in [3.63, 3.8) is 0 Å². The van der Waals surface area contributed by atoms with Crippen LogP contribution < -0.4 is 5.32 Å². The molecule has 1 aromatic rings. The summed E-state index contributed by atoms with van der Waals surface area (Å²) in [6, 6.07) is 3.90. The number of hydrogen-bond acceptors (Lipinski definition) is 4. The van der Waals surface area contributed by atoms with Gasteiger partial charge in [0.2, 0.25) is 0 Å². The molecule has 0 saturated heterocycles. The molecular weight excluding hydrogens is 222 g/mol. The highest BCUT2D eigenvalue weighted by atomic mass is 32.2. The van der Waals surface area contributed by atoms with Crippen molar-refractivity contribution in [3.05, 3.63) is 24.2 Å². The summed E-state index contributed by atoms with van der Waals surface area (Å²) in [5, 5.41) is 12.9. The lowest BCUT2D eigenvalue weighted by molar-refractivity contribution is 0.174. The van der Waals surface area contributed by atoms with Gasteiger partial charge in [0, 0.05) is 10.8 Å². The van der Waals surface area contributed by atoms with E-state index in [0.717, 1.165) is 17.9 Å². The molecular formula is C12H21NO2S. The Hall–Kier alpha value is -0.450. The van der Waals surface area contributed by atoms with Crippen LogP contribution in [0, 0.1) is 0 Å². The van der Waals surface area contributed by atoms with E-state index in [1.54, 1.807) is 6.26 Å². The average molecular weight is 243 g/mol. The number of likely N-dealkylation sites (N-methyl/N-ethyl adjacent to an activating group) is 1. The van der Waals surface area contributed by atoms with Gasteiger partial charge in [-0.2, -0.15) is 11.8 Å². The Morgan fingerprint density at radius 3 is 2.88 bits per heavy atom. The Morgan fingerprint density at radius 2 is 2.38 bits per heavy atom. The third-order valence-electron chi connectivity index (χ3n) is 2.78. The topological polar surface area (TPSA) is 45.4 Å². The van der Waals surface area contributed by atoms with E-state index in [1.807, 2.05) is 37.9 Å². The summed E-state index contributed by atoms with van der Waals surface area (Å²) in [7, 11) is 1.89. The fraction of sp³-hybridized carbons (Fsp3) is 0.667. The first-order chi connectivity index (χ1) is 7.59. The van der Waals surface area contributed by atoms with E-state index in [4.69, 9.17) is 4.42 Å². The van der Waals surface area contributed by atoms with E-state index in [-0.39, 0.29) is 12.1 Å². The minimum atomic E-state index is -0.185. The van der Waals surface area contributed by atoms with E-state index in [1.165, 1.54) is 0 Å². The van der Waals surface area contributed by atoms with Crippen molar-refractivity contribution < 1.29 is 9.52 Å². The second-order valence-corrected chi connectivity index (χ2v) is 5.80. The molecule has 4 heteroatoms. The molecule has 92 valence electrons. The zero-order chi connectivity index (χ0) is 12.0. The molecule has 0 spiro atoms. The monoisotopic (exact) mass is 243 g/mol. The van der Waals surface area contributed by atoms with Crippen LogP contribution in [0.5, 0.6) is 0 Å².